The Morgan fingerprint density at radius 2 is 2.19 bits per heavy atom. The maximum atomic E-state index is 11.7. The van der Waals surface area contributed by atoms with Gasteiger partial charge in [0.25, 0.3) is 5.91 Å². The van der Waals surface area contributed by atoms with Crippen molar-refractivity contribution in [3.8, 4) is 5.75 Å². The van der Waals surface area contributed by atoms with Crippen molar-refractivity contribution < 1.29 is 9.53 Å². The predicted molar refractivity (Wildman–Crippen MR) is 86.4 cm³/mol. The van der Waals surface area contributed by atoms with Gasteiger partial charge in [0.15, 0.2) is 6.61 Å². The second kappa shape index (κ2) is 7.38. The molecule has 0 aromatic heterocycles. The lowest BCUT2D eigenvalue weighted by Gasteiger charge is -2.12. The van der Waals surface area contributed by atoms with Crippen LogP contribution < -0.4 is 15.8 Å². The predicted octanol–water partition coefficient (Wildman–Crippen LogP) is 0.768. The molecule has 1 aliphatic rings. The first-order valence-electron chi connectivity index (χ1n) is 7.02. The summed E-state index contributed by atoms with van der Waals surface area (Å²) < 4.78 is 5.43. The van der Waals surface area contributed by atoms with E-state index in [2.05, 4.69) is 17.3 Å². The Labute approximate surface area is 130 Å². The molecule has 1 heterocycles. The first-order chi connectivity index (χ1) is 10.0. The lowest BCUT2D eigenvalue weighted by Crippen LogP contribution is -2.33. The van der Waals surface area contributed by atoms with E-state index < -0.39 is 0 Å². The molecular weight excluding hydrogens is 286 g/mol. The van der Waals surface area contributed by atoms with Crippen LogP contribution in [0.1, 0.15) is 12.0 Å². The number of nitrogens with one attached hydrogen (secondary N) is 1. The van der Waals surface area contributed by atoms with Crippen LogP contribution in [0.15, 0.2) is 24.3 Å². The number of benzene rings is 1. The Balaban J connectivity index is 1.69. The van der Waals surface area contributed by atoms with Crippen molar-refractivity contribution in [3.05, 3.63) is 29.8 Å². The van der Waals surface area contributed by atoms with E-state index in [0.29, 0.717) is 23.2 Å². The van der Waals surface area contributed by atoms with Crippen molar-refractivity contribution in [2.45, 2.75) is 6.42 Å². The van der Waals surface area contributed by atoms with E-state index in [0.717, 1.165) is 25.1 Å². The Morgan fingerprint density at radius 3 is 2.76 bits per heavy atom. The van der Waals surface area contributed by atoms with E-state index in [1.165, 1.54) is 0 Å². The number of likely N-dealkylation sites (tertiary alicyclic amines) is 1. The first-order valence-corrected chi connectivity index (χ1v) is 7.43. The maximum absolute atomic E-state index is 11.7. The van der Waals surface area contributed by atoms with E-state index in [-0.39, 0.29) is 12.5 Å². The SMILES string of the molecule is CN1CCC(CNC(=O)COc2ccc(C(N)=S)cc2)C1. The van der Waals surface area contributed by atoms with E-state index in [1.807, 2.05) is 0 Å². The minimum atomic E-state index is -0.0945. The first kappa shape index (κ1) is 15.7. The van der Waals surface area contributed by atoms with Crippen LogP contribution in [0.3, 0.4) is 0 Å². The molecule has 1 aromatic carbocycles. The fourth-order valence-corrected chi connectivity index (χ4v) is 2.50. The molecule has 2 rings (SSSR count). The van der Waals surface area contributed by atoms with E-state index >= 15 is 0 Å². The minimum absolute atomic E-state index is 0.0228. The van der Waals surface area contributed by atoms with Gasteiger partial charge in [0.1, 0.15) is 10.7 Å². The van der Waals surface area contributed by atoms with Gasteiger partial charge in [-0.25, -0.2) is 0 Å². The van der Waals surface area contributed by atoms with Gasteiger partial charge in [-0.3, -0.25) is 4.79 Å². The molecule has 1 fully saturated rings. The number of nitrogens with zero attached hydrogens (tertiary/aromatic N) is 1. The number of carbonyl (C=O) groups is 1. The number of rotatable bonds is 6. The van der Waals surface area contributed by atoms with Gasteiger partial charge in [0.05, 0.1) is 0 Å². The highest BCUT2D eigenvalue weighted by Crippen LogP contribution is 2.13. The molecule has 3 N–H and O–H groups in total. The van der Waals surface area contributed by atoms with Crippen LogP contribution in [-0.2, 0) is 4.79 Å². The summed E-state index contributed by atoms with van der Waals surface area (Å²) in [4.78, 5) is 14.4. The zero-order valence-corrected chi connectivity index (χ0v) is 13.0. The van der Waals surface area contributed by atoms with Gasteiger partial charge in [0.2, 0.25) is 0 Å². The highest BCUT2D eigenvalue weighted by atomic mass is 32.1. The van der Waals surface area contributed by atoms with Crippen LogP contribution in [-0.4, -0.2) is 49.1 Å². The van der Waals surface area contributed by atoms with Gasteiger partial charge in [0, 0.05) is 18.7 Å². The second-order valence-electron chi connectivity index (χ2n) is 5.40. The van der Waals surface area contributed by atoms with E-state index in [4.69, 9.17) is 22.7 Å². The molecule has 5 nitrogen and oxygen atoms in total. The monoisotopic (exact) mass is 307 g/mol. The Bertz CT molecular complexity index is 504. The van der Waals surface area contributed by atoms with Gasteiger partial charge >= 0.3 is 0 Å². The number of ether oxygens (including phenoxy) is 1. The normalized spacial score (nSPS) is 18.4. The van der Waals surface area contributed by atoms with Crippen molar-refractivity contribution >= 4 is 23.1 Å². The van der Waals surface area contributed by atoms with Crippen LogP contribution >= 0.6 is 12.2 Å². The fourth-order valence-electron chi connectivity index (χ4n) is 2.37. The summed E-state index contributed by atoms with van der Waals surface area (Å²) in [5, 5.41) is 2.91. The van der Waals surface area contributed by atoms with Crippen molar-refractivity contribution in [1.29, 1.82) is 0 Å². The van der Waals surface area contributed by atoms with Crippen LogP contribution in [0.25, 0.3) is 0 Å². The maximum Gasteiger partial charge on any atom is 0.257 e. The van der Waals surface area contributed by atoms with Gasteiger partial charge in [-0.1, -0.05) is 12.2 Å². The zero-order chi connectivity index (χ0) is 15.2. The molecule has 1 saturated heterocycles. The number of carbonyl (C=O) groups excluding carboxylic acids is 1. The highest BCUT2D eigenvalue weighted by molar-refractivity contribution is 7.80. The minimum Gasteiger partial charge on any atom is -0.484 e. The van der Waals surface area contributed by atoms with Crippen molar-refractivity contribution in [2.24, 2.45) is 11.7 Å². The van der Waals surface area contributed by atoms with Crippen LogP contribution in [0, 0.1) is 5.92 Å². The molecule has 1 aliphatic heterocycles. The molecule has 0 spiro atoms. The smallest absolute Gasteiger partial charge is 0.257 e. The Hall–Kier alpha value is -1.66. The molecule has 1 aromatic rings. The third kappa shape index (κ3) is 4.99. The second-order valence-corrected chi connectivity index (χ2v) is 5.84. The average Bonchev–Trinajstić information content (AvgIpc) is 2.89. The molecule has 1 amide bonds. The third-order valence-corrected chi connectivity index (χ3v) is 3.82. The largest absolute Gasteiger partial charge is 0.484 e. The summed E-state index contributed by atoms with van der Waals surface area (Å²) in [7, 11) is 2.10. The summed E-state index contributed by atoms with van der Waals surface area (Å²) in [6.07, 6.45) is 1.14. The van der Waals surface area contributed by atoms with Crippen LogP contribution in [0.5, 0.6) is 5.75 Å². The fraction of sp³-hybridized carbons (Fsp3) is 0.467. The molecule has 0 aliphatic carbocycles. The topological polar surface area (TPSA) is 67.6 Å². The molecule has 21 heavy (non-hydrogen) atoms. The molecule has 0 saturated carbocycles. The molecule has 1 unspecified atom stereocenters. The number of hydrogen-bond donors (Lipinski definition) is 2. The van der Waals surface area contributed by atoms with Crippen LogP contribution in [0.2, 0.25) is 0 Å². The number of thiocarbonyl (C=S) groups is 1. The van der Waals surface area contributed by atoms with E-state index in [1.54, 1.807) is 24.3 Å². The third-order valence-electron chi connectivity index (χ3n) is 3.59. The molecule has 114 valence electrons. The zero-order valence-electron chi connectivity index (χ0n) is 12.2. The summed E-state index contributed by atoms with van der Waals surface area (Å²) in [6, 6.07) is 7.08. The number of amides is 1. The molecule has 0 bridgehead atoms. The lowest BCUT2D eigenvalue weighted by atomic mass is 10.1. The van der Waals surface area contributed by atoms with Crippen LogP contribution in [0.4, 0.5) is 0 Å². The number of hydrogen-bond acceptors (Lipinski definition) is 4. The number of nitrogens with two attached hydrogens (primary N) is 1. The Kier molecular flexibility index (Phi) is 5.52. The molecule has 0 radical (unpaired) electrons. The van der Waals surface area contributed by atoms with Crippen molar-refractivity contribution in [1.82, 2.24) is 10.2 Å². The van der Waals surface area contributed by atoms with Crippen molar-refractivity contribution in [3.63, 3.8) is 0 Å². The average molecular weight is 307 g/mol. The van der Waals surface area contributed by atoms with Gasteiger partial charge < -0.3 is 20.7 Å². The summed E-state index contributed by atoms with van der Waals surface area (Å²) >= 11 is 4.88. The van der Waals surface area contributed by atoms with Crippen molar-refractivity contribution in [2.75, 3.05) is 33.3 Å². The lowest BCUT2D eigenvalue weighted by molar-refractivity contribution is -0.123. The quantitative estimate of drug-likeness (QED) is 0.760. The van der Waals surface area contributed by atoms with Gasteiger partial charge in [-0.2, -0.15) is 0 Å². The molecule has 6 heteroatoms. The van der Waals surface area contributed by atoms with Gasteiger partial charge in [-0.05, 0) is 50.2 Å². The Morgan fingerprint density at radius 1 is 1.48 bits per heavy atom. The molecule has 1 atom stereocenters. The highest BCUT2D eigenvalue weighted by Gasteiger charge is 2.19. The van der Waals surface area contributed by atoms with E-state index in [9.17, 15) is 4.79 Å². The standard InChI is InChI=1S/C15H21N3O2S/c1-18-7-6-11(9-18)8-17-14(19)10-20-13-4-2-12(3-5-13)15(16)21/h2-5,11H,6-10H2,1H3,(H2,16,21)(H,17,19). The molecular formula is C15H21N3O2S. The summed E-state index contributed by atoms with van der Waals surface area (Å²) in [6.45, 7) is 2.88. The summed E-state index contributed by atoms with van der Waals surface area (Å²) in [5.41, 5.74) is 6.30. The summed E-state index contributed by atoms with van der Waals surface area (Å²) in [5.74, 6) is 1.08. The van der Waals surface area contributed by atoms with Gasteiger partial charge in [-0.15, -0.1) is 0 Å².